The Hall–Kier alpha value is -1.55. The molecule has 0 aromatic heterocycles. The molecule has 1 aromatic carbocycles. The SMILES string of the molecule is Nc1ccccc1CC(=O)N1CCC(O)C1. The summed E-state index contributed by atoms with van der Waals surface area (Å²) >= 11 is 0. The van der Waals surface area contributed by atoms with Crippen LogP contribution in [-0.4, -0.2) is 35.1 Å². The number of rotatable bonds is 2. The molecule has 0 aliphatic carbocycles. The van der Waals surface area contributed by atoms with Crippen LogP contribution in [0, 0.1) is 0 Å². The highest BCUT2D eigenvalue weighted by Crippen LogP contribution is 2.15. The number of β-amino-alcohol motifs (C(OH)–C–C–N with tert-alkyl or cyclic N) is 1. The highest BCUT2D eigenvalue weighted by atomic mass is 16.3. The van der Waals surface area contributed by atoms with Crippen LogP contribution in [0.3, 0.4) is 0 Å². The van der Waals surface area contributed by atoms with Gasteiger partial charge >= 0.3 is 0 Å². The maximum Gasteiger partial charge on any atom is 0.227 e. The molecule has 4 nitrogen and oxygen atoms in total. The van der Waals surface area contributed by atoms with Crippen LogP contribution in [0.1, 0.15) is 12.0 Å². The number of aliphatic hydroxyl groups is 1. The largest absolute Gasteiger partial charge is 0.398 e. The van der Waals surface area contributed by atoms with Crippen LogP contribution in [0.5, 0.6) is 0 Å². The lowest BCUT2D eigenvalue weighted by atomic mass is 10.1. The summed E-state index contributed by atoms with van der Waals surface area (Å²) in [5.41, 5.74) is 7.28. The van der Waals surface area contributed by atoms with Gasteiger partial charge in [-0.25, -0.2) is 0 Å². The Kier molecular flexibility index (Phi) is 3.10. The molecule has 1 aliphatic rings. The van der Waals surface area contributed by atoms with Gasteiger partial charge in [-0.15, -0.1) is 0 Å². The molecule has 1 heterocycles. The van der Waals surface area contributed by atoms with Crippen molar-refractivity contribution in [2.24, 2.45) is 0 Å². The van der Waals surface area contributed by atoms with Crippen molar-refractivity contribution in [3.63, 3.8) is 0 Å². The molecule has 0 radical (unpaired) electrons. The Labute approximate surface area is 94.7 Å². The van der Waals surface area contributed by atoms with Crippen LogP contribution < -0.4 is 5.73 Å². The van der Waals surface area contributed by atoms with Crippen molar-refractivity contribution >= 4 is 11.6 Å². The lowest BCUT2D eigenvalue weighted by Crippen LogP contribution is -2.31. The zero-order valence-electron chi connectivity index (χ0n) is 9.10. The maximum absolute atomic E-state index is 11.9. The number of likely N-dealkylation sites (tertiary alicyclic amines) is 1. The van der Waals surface area contributed by atoms with E-state index in [1.165, 1.54) is 0 Å². The van der Waals surface area contributed by atoms with Crippen LogP contribution in [0.25, 0.3) is 0 Å². The second-order valence-corrected chi connectivity index (χ2v) is 4.16. The summed E-state index contributed by atoms with van der Waals surface area (Å²) in [5.74, 6) is 0.0365. The second-order valence-electron chi connectivity index (χ2n) is 4.16. The number of para-hydroxylation sites is 1. The summed E-state index contributed by atoms with van der Waals surface area (Å²) < 4.78 is 0. The third kappa shape index (κ3) is 2.33. The van der Waals surface area contributed by atoms with Crippen molar-refractivity contribution in [1.29, 1.82) is 0 Å². The van der Waals surface area contributed by atoms with E-state index in [9.17, 15) is 9.90 Å². The fraction of sp³-hybridized carbons (Fsp3) is 0.417. The molecule has 1 aromatic rings. The highest BCUT2D eigenvalue weighted by Gasteiger charge is 2.24. The summed E-state index contributed by atoms with van der Waals surface area (Å²) in [4.78, 5) is 13.6. The first kappa shape index (κ1) is 11.0. The molecule has 2 rings (SSSR count). The molecule has 16 heavy (non-hydrogen) atoms. The van der Waals surface area contributed by atoms with Gasteiger partial charge in [0, 0.05) is 18.8 Å². The minimum absolute atomic E-state index is 0.0365. The van der Waals surface area contributed by atoms with Gasteiger partial charge in [0.25, 0.3) is 0 Å². The molecule has 86 valence electrons. The number of anilines is 1. The van der Waals surface area contributed by atoms with E-state index in [2.05, 4.69) is 0 Å². The Bertz CT molecular complexity index is 392. The summed E-state index contributed by atoms with van der Waals surface area (Å²) in [5, 5.41) is 9.35. The van der Waals surface area contributed by atoms with Crippen LogP contribution in [-0.2, 0) is 11.2 Å². The molecular formula is C12H16N2O2. The molecule has 4 heteroatoms. The van der Waals surface area contributed by atoms with Gasteiger partial charge in [-0.2, -0.15) is 0 Å². The number of nitrogens with zero attached hydrogens (tertiary/aromatic N) is 1. The molecule has 1 amide bonds. The predicted molar refractivity (Wildman–Crippen MR) is 61.8 cm³/mol. The van der Waals surface area contributed by atoms with Gasteiger partial charge in [0.15, 0.2) is 0 Å². The minimum Gasteiger partial charge on any atom is -0.398 e. The lowest BCUT2D eigenvalue weighted by molar-refractivity contribution is -0.129. The van der Waals surface area contributed by atoms with Crippen molar-refractivity contribution in [2.45, 2.75) is 18.9 Å². The summed E-state index contributed by atoms with van der Waals surface area (Å²) in [6.07, 6.45) is 0.632. The van der Waals surface area contributed by atoms with Gasteiger partial charge in [-0.05, 0) is 18.1 Å². The molecule has 1 saturated heterocycles. The Morgan fingerprint density at radius 2 is 2.25 bits per heavy atom. The van der Waals surface area contributed by atoms with Gasteiger partial charge in [-0.1, -0.05) is 18.2 Å². The summed E-state index contributed by atoms with van der Waals surface area (Å²) in [6, 6.07) is 7.38. The summed E-state index contributed by atoms with van der Waals surface area (Å²) in [7, 11) is 0. The van der Waals surface area contributed by atoms with Gasteiger partial charge < -0.3 is 15.7 Å². The fourth-order valence-corrected chi connectivity index (χ4v) is 1.94. The van der Waals surface area contributed by atoms with E-state index in [1.54, 1.807) is 11.0 Å². The second kappa shape index (κ2) is 4.53. The number of nitrogen functional groups attached to an aromatic ring is 1. The average Bonchev–Trinajstić information content (AvgIpc) is 2.68. The van der Waals surface area contributed by atoms with Gasteiger partial charge in [0.05, 0.1) is 12.5 Å². The Balaban J connectivity index is 2.00. The Morgan fingerprint density at radius 3 is 2.88 bits per heavy atom. The van der Waals surface area contributed by atoms with Crippen molar-refractivity contribution < 1.29 is 9.90 Å². The van der Waals surface area contributed by atoms with E-state index in [1.807, 2.05) is 18.2 Å². The van der Waals surface area contributed by atoms with Crippen molar-refractivity contribution in [1.82, 2.24) is 4.90 Å². The number of carbonyl (C=O) groups is 1. The molecule has 1 aliphatic heterocycles. The number of benzene rings is 1. The highest BCUT2D eigenvalue weighted by molar-refractivity contribution is 5.80. The summed E-state index contributed by atoms with van der Waals surface area (Å²) in [6.45, 7) is 1.10. The number of nitrogens with two attached hydrogens (primary N) is 1. The molecule has 3 N–H and O–H groups in total. The number of aliphatic hydroxyl groups excluding tert-OH is 1. The van der Waals surface area contributed by atoms with Crippen molar-refractivity contribution in [3.8, 4) is 0 Å². The van der Waals surface area contributed by atoms with Gasteiger partial charge in [0.2, 0.25) is 5.91 Å². The van der Waals surface area contributed by atoms with E-state index in [0.29, 0.717) is 31.6 Å². The van der Waals surface area contributed by atoms with E-state index < -0.39 is 0 Å². The van der Waals surface area contributed by atoms with Gasteiger partial charge in [-0.3, -0.25) is 4.79 Å². The number of hydrogen-bond acceptors (Lipinski definition) is 3. The zero-order chi connectivity index (χ0) is 11.5. The predicted octanol–water partition coefficient (Wildman–Crippen LogP) is 0.404. The Morgan fingerprint density at radius 1 is 1.50 bits per heavy atom. The van der Waals surface area contributed by atoms with Crippen molar-refractivity contribution in [3.05, 3.63) is 29.8 Å². The maximum atomic E-state index is 11.9. The zero-order valence-corrected chi connectivity index (χ0v) is 9.10. The van der Waals surface area contributed by atoms with E-state index in [0.717, 1.165) is 5.56 Å². The van der Waals surface area contributed by atoms with Crippen molar-refractivity contribution in [2.75, 3.05) is 18.8 Å². The monoisotopic (exact) mass is 220 g/mol. The van der Waals surface area contributed by atoms with Crippen LogP contribution in [0.4, 0.5) is 5.69 Å². The first-order valence-electron chi connectivity index (χ1n) is 5.46. The number of amides is 1. The van der Waals surface area contributed by atoms with Crippen LogP contribution >= 0.6 is 0 Å². The smallest absolute Gasteiger partial charge is 0.227 e. The molecule has 1 atom stereocenters. The number of hydrogen-bond donors (Lipinski definition) is 2. The molecule has 0 saturated carbocycles. The minimum atomic E-state index is -0.364. The van der Waals surface area contributed by atoms with E-state index >= 15 is 0 Å². The topological polar surface area (TPSA) is 66.6 Å². The molecule has 1 fully saturated rings. The average molecular weight is 220 g/mol. The van der Waals surface area contributed by atoms with Crippen LogP contribution in [0.15, 0.2) is 24.3 Å². The van der Waals surface area contributed by atoms with Gasteiger partial charge in [0.1, 0.15) is 0 Å². The fourth-order valence-electron chi connectivity index (χ4n) is 1.94. The first-order chi connectivity index (χ1) is 7.66. The normalized spacial score (nSPS) is 20.1. The first-order valence-corrected chi connectivity index (χ1v) is 5.46. The quantitative estimate of drug-likeness (QED) is 0.709. The number of carbonyl (C=O) groups excluding carboxylic acids is 1. The third-order valence-corrected chi connectivity index (χ3v) is 2.91. The third-order valence-electron chi connectivity index (χ3n) is 2.91. The van der Waals surface area contributed by atoms with E-state index in [4.69, 9.17) is 5.73 Å². The van der Waals surface area contributed by atoms with Crippen LogP contribution in [0.2, 0.25) is 0 Å². The molecular weight excluding hydrogens is 204 g/mol. The molecule has 0 bridgehead atoms. The van der Waals surface area contributed by atoms with E-state index in [-0.39, 0.29) is 12.0 Å². The lowest BCUT2D eigenvalue weighted by Gasteiger charge is -2.16. The standard InChI is InChI=1S/C12H16N2O2/c13-11-4-2-1-3-9(11)7-12(16)14-6-5-10(15)8-14/h1-4,10,15H,5-8,13H2. The molecule has 0 spiro atoms. The molecule has 1 unspecified atom stereocenters.